The molecule has 1 aliphatic heterocycles. The van der Waals surface area contributed by atoms with Gasteiger partial charge in [0.15, 0.2) is 17.2 Å². The zero-order valence-corrected chi connectivity index (χ0v) is 21.1. The maximum atomic E-state index is 12.4. The summed E-state index contributed by atoms with van der Waals surface area (Å²) in [6.07, 6.45) is 1.50. The molecule has 35 heavy (non-hydrogen) atoms. The lowest BCUT2D eigenvalue weighted by Crippen LogP contribution is -2.06. The Hall–Kier alpha value is -3.40. The predicted molar refractivity (Wildman–Crippen MR) is 135 cm³/mol. The van der Waals surface area contributed by atoms with Gasteiger partial charge in [-0.1, -0.05) is 35.3 Å². The molecule has 3 aromatic rings. The zero-order chi connectivity index (χ0) is 25.1. The third kappa shape index (κ3) is 5.64. The smallest absolute Gasteiger partial charge is 0.363 e. The molecule has 0 atom stereocenters. The molecule has 4 rings (SSSR count). The first-order chi connectivity index (χ1) is 16.7. The molecule has 8 nitrogen and oxygen atoms in total. The average Bonchev–Trinajstić information content (AvgIpc) is 3.19. The predicted octanol–water partition coefficient (Wildman–Crippen LogP) is 6.60. The van der Waals surface area contributed by atoms with Crippen LogP contribution in [-0.2, 0) is 16.1 Å². The fraction of sp³-hybridized carbons (Fsp3) is 0.0833. The third-order valence-electron chi connectivity index (χ3n) is 4.86. The maximum absolute atomic E-state index is 12.4. The van der Waals surface area contributed by atoms with E-state index in [4.69, 9.17) is 37.4 Å². The summed E-state index contributed by atoms with van der Waals surface area (Å²) in [6.45, 7) is 0.288. The van der Waals surface area contributed by atoms with Crippen LogP contribution in [0.2, 0.25) is 10.0 Å². The number of aliphatic imine (C=N–C) groups is 1. The molecule has 0 unspecified atom stereocenters. The second-order valence-electron chi connectivity index (χ2n) is 7.21. The second kappa shape index (κ2) is 10.5. The summed E-state index contributed by atoms with van der Waals surface area (Å²) in [5, 5.41) is 11.9. The van der Waals surface area contributed by atoms with Gasteiger partial charge in [-0.15, -0.1) is 0 Å². The lowest BCUT2D eigenvalue weighted by Gasteiger charge is -2.14. The average molecular weight is 578 g/mol. The van der Waals surface area contributed by atoms with Gasteiger partial charge in [-0.3, -0.25) is 10.1 Å². The largest absolute Gasteiger partial charge is 0.493 e. The van der Waals surface area contributed by atoms with Crippen LogP contribution in [0.15, 0.2) is 69.8 Å². The lowest BCUT2D eigenvalue weighted by molar-refractivity contribution is -0.384. The fourth-order valence-corrected chi connectivity index (χ4v) is 4.07. The molecule has 0 aromatic heterocycles. The van der Waals surface area contributed by atoms with E-state index >= 15 is 0 Å². The molecular weight excluding hydrogens is 563 g/mol. The first-order valence-corrected chi connectivity index (χ1v) is 11.5. The minimum absolute atomic E-state index is 0.00800. The van der Waals surface area contributed by atoms with Crippen LogP contribution in [0.3, 0.4) is 0 Å². The summed E-state index contributed by atoms with van der Waals surface area (Å²) in [7, 11) is 1.50. The van der Waals surface area contributed by atoms with Crippen molar-refractivity contribution in [3.05, 3.63) is 102 Å². The van der Waals surface area contributed by atoms with Gasteiger partial charge in [0.2, 0.25) is 5.90 Å². The van der Waals surface area contributed by atoms with Crippen LogP contribution < -0.4 is 9.47 Å². The van der Waals surface area contributed by atoms with Crippen molar-refractivity contribution in [2.24, 2.45) is 4.99 Å². The van der Waals surface area contributed by atoms with Gasteiger partial charge in [0.05, 0.1) is 27.1 Å². The van der Waals surface area contributed by atoms with E-state index in [9.17, 15) is 14.9 Å². The van der Waals surface area contributed by atoms with Crippen molar-refractivity contribution in [2.75, 3.05) is 7.11 Å². The summed E-state index contributed by atoms with van der Waals surface area (Å²) >= 11 is 15.5. The van der Waals surface area contributed by atoms with Crippen molar-refractivity contribution in [1.29, 1.82) is 0 Å². The number of rotatable bonds is 7. The van der Waals surface area contributed by atoms with Crippen LogP contribution >= 0.6 is 39.1 Å². The minimum Gasteiger partial charge on any atom is -0.493 e. The lowest BCUT2D eigenvalue weighted by atomic mass is 10.1. The third-order valence-corrected chi connectivity index (χ3v) is 6.03. The van der Waals surface area contributed by atoms with E-state index in [1.807, 2.05) is 12.1 Å². The highest BCUT2D eigenvalue weighted by atomic mass is 79.9. The molecular formula is C24H15BrCl2N2O6. The molecule has 0 radical (unpaired) electrons. The normalized spacial score (nSPS) is 14.0. The number of ether oxygens (including phenoxy) is 3. The Morgan fingerprint density at radius 3 is 2.57 bits per heavy atom. The molecule has 0 spiro atoms. The number of nitro benzene ring substituents is 1. The maximum Gasteiger partial charge on any atom is 0.363 e. The van der Waals surface area contributed by atoms with Crippen molar-refractivity contribution < 1.29 is 23.9 Å². The van der Waals surface area contributed by atoms with Gasteiger partial charge in [-0.05, 0) is 63.5 Å². The van der Waals surface area contributed by atoms with Gasteiger partial charge < -0.3 is 14.2 Å². The van der Waals surface area contributed by atoms with E-state index in [1.54, 1.807) is 24.3 Å². The number of nitro groups is 1. The molecule has 0 saturated heterocycles. The van der Waals surface area contributed by atoms with E-state index in [0.717, 1.165) is 5.56 Å². The molecule has 0 fully saturated rings. The van der Waals surface area contributed by atoms with Gasteiger partial charge in [0.1, 0.15) is 6.61 Å². The van der Waals surface area contributed by atoms with Gasteiger partial charge in [0, 0.05) is 17.2 Å². The van der Waals surface area contributed by atoms with Crippen LogP contribution in [-0.4, -0.2) is 23.9 Å². The quantitative estimate of drug-likeness (QED) is 0.136. The summed E-state index contributed by atoms with van der Waals surface area (Å²) in [5.41, 5.74) is 1.43. The number of benzene rings is 3. The Morgan fingerprint density at radius 2 is 1.89 bits per heavy atom. The molecule has 1 aliphatic rings. The fourth-order valence-electron chi connectivity index (χ4n) is 3.17. The number of carbonyl (C=O) groups excluding carboxylic acids is 1. The highest BCUT2D eigenvalue weighted by Crippen LogP contribution is 2.38. The Balaban J connectivity index is 1.61. The zero-order valence-electron chi connectivity index (χ0n) is 18.0. The van der Waals surface area contributed by atoms with Crippen molar-refractivity contribution in [3.63, 3.8) is 0 Å². The molecule has 0 saturated carbocycles. The molecule has 0 amide bonds. The van der Waals surface area contributed by atoms with Crippen LogP contribution in [0.4, 0.5) is 5.69 Å². The van der Waals surface area contributed by atoms with E-state index in [0.29, 0.717) is 26.6 Å². The van der Waals surface area contributed by atoms with Crippen LogP contribution in [0.25, 0.3) is 6.08 Å². The minimum atomic E-state index is -0.722. The second-order valence-corrected chi connectivity index (χ2v) is 8.90. The van der Waals surface area contributed by atoms with E-state index in [-0.39, 0.29) is 34.5 Å². The Kier molecular flexibility index (Phi) is 7.39. The Morgan fingerprint density at radius 1 is 1.14 bits per heavy atom. The molecule has 178 valence electrons. The van der Waals surface area contributed by atoms with Crippen LogP contribution in [0.5, 0.6) is 11.5 Å². The summed E-state index contributed by atoms with van der Waals surface area (Å²) in [6, 6.07) is 14.5. The number of esters is 1. The van der Waals surface area contributed by atoms with Gasteiger partial charge >= 0.3 is 5.97 Å². The van der Waals surface area contributed by atoms with Crippen molar-refractivity contribution in [2.45, 2.75) is 6.61 Å². The van der Waals surface area contributed by atoms with Crippen molar-refractivity contribution >= 4 is 62.8 Å². The number of nitrogens with zero attached hydrogens (tertiary/aromatic N) is 2. The highest BCUT2D eigenvalue weighted by Gasteiger charge is 2.27. The Labute approximate surface area is 218 Å². The van der Waals surface area contributed by atoms with Crippen LogP contribution in [0, 0.1) is 10.1 Å². The highest BCUT2D eigenvalue weighted by molar-refractivity contribution is 9.10. The van der Waals surface area contributed by atoms with Crippen molar-refractivity contribution in [1.82, 2.24) is 0 Å². The van der Waals surface area contributed by atoms with E-state index in [1.165, 1.54) is 31.4 Å². The first kappa shape index (κ1) is 24.7. The first-order valence-electron chi connectivity index (χ1n) is 9.97. The molecule has 0 N–H and O–H groups in total. The van der Waals surface area contributed by atoms with Gasteiger partial charge in [0.25, 0.3) is 5.69 Å². The summed E-state index contributed by atoms with van der Waals surface area (Å²) in [4.78, 5) is 27.1. The van der Waals surface area contributed by atoms with E-state index < -0.39 is 10.9 Å². The summed E-state index contributed by atoms with van der Waals surface area (Å²) < 4.78 is 17.2. The van der Waals surface area contributed by atoms with Gasteiger partial charge in [-0.2, -0.15) is 0 Å². The molecule has 3 aromatic carbocycles. The topological polar surface area (TPSA) is 100 Å². The number of hydrogen-bond donors (Lipinski definition) is 0. The van der Waals surface area contributed by atoms with Crippen molar-refractivity contribution in [3.8, 4) is 11.5 Å². The number of non-ortho nitro benzene ring substituents is 1. The molecule has 1 heterocycles. The van der Waals surface area contributed by atoms with Crippen LogP contribution in [0.1, 0.15) is 16.7 Å². The number of carbonyl (C=O) groups is 1. The molecule has 11 heteroatoms. The number of cyclic esters (lactones) is 1. The monoisotopic (exact) mass is 576 g/mol. The molecule has 0 bridgehead atoms. The van der Waals surface area contributed by atoms with E-state index in [2.05, 4.69) is 20.9 Å². The SMILES string of the molecule is COc1cc(/C=C2\N=C(c3cc([N+](=O)[O-])ccc3Cl)OC2=O)cc(Br)c1OCc1ccc(Cl)cc1. The number of methoxy groups -OCH3 is 1. The number of hydrogen-bond acceptors (Lipinski definition) is 7. The van der Waals surface area contributed by atoms with Gasteiger partial charge in [-0.25, -0.2) is 9.79 Å². The Bertz CT molecular complexity index is 1390. The number of halogens is 3. The molecule has 0 aliphatic carbocycles. The standard InChI is InChI=1S/C24H15BrCl2N2O6/c1-33-21-10-14(8-18(25)22(21)34-12-13-2-4-15(26)5-3-13)9-20-24(30)35-23(28-20)17-11-16(29(31)32)6-7-19(17)27/h2-11H,12H2,1H3/b20-9-. The summed E-state index contributed by atoms with van der Waals surface area (Å²) in [5.74, 6) is 0.0632.